The summed E-state index contributed by atoms with van der Waals surface area (Å²) in [5, 5.41) is 3.11. The highest BCUT2D eigenvalue weighted by molar-refractivity contribution is 14.0. The van der Waals surface area contributed by atoms with Crippen molar-refractivity contribution < 1.29 is 4.74 Å². The minimum absolute atomic E-state index is 0. The fourth-order valence-corrected chi connectivity index (χ4v) is 1.99. The summed E-state index contributed by atoms with van der Waals surface area (Å²) in [5.41, 5.74) is 7.18. The number of ether oxygens (including phenoxy) is 1. The molecule has 0 aliphatic carbocycles. The zero-order chi connectivity index (χ0) is 14.1. The molecule has 2 unspecified atom stereocenters. The maximum absolute atomic E-state index is 5.87. The molecule has 20 heavy (non-hydrogen) atoms. The highest BCUT2D eigenvalue weighted by Crippen LogP contribution is 2.19. The Morgan fingerprint density at radius 2 is 2.00 bits per heavy atom. The average Bonchev–Trinajstić information content (AvgIpc) is 2.41. The van der Waals surface area contributed by atoms with Crippen LogP contribution >= 0.6 is 24.0 Å². The first kappa shape index (κ1) is 19.2. The Bertz CT molecular complexity index is 384. The lowest BCUT2D eigenvalue weighted by atomic mass is 9.97. The molecule has 0 saturated heterocycles. The highest BCUT2D eigenvalue weighted by atomic mass is 127. The summed E-state index contributed by atoms with van der Waals surface area (Å²) in [6.07, 6.45) is 1.05. The summed E-state index contributed by atoms with van der Waals surface area (Å²) in [5.74, 6) is 0.901. The normalized spacial score (nSPS) is 14.2. The second-order valence-corrected chi connectivity index (χ2v) is 4.74. The topological polar surface area (TPSA) is 59.6 Å². The van der Waals surface area contributed by atoms with Crippen LogP contribution in [0.25, 0.3) is 0 Å². The molecule has 0 aromatic heterocycles. The van der Waals surface area contributed by atoms with Crippen LogP contribution in [0.2, 0.25) is 0 Å². The van der Waals surface area contributed by atoms with Crippen molar-refractivity contribution in [3.63, 3.8) is 0 Å². The van der Waals surface area contributed by atoms with Crippen LogP contribution in [-0.2, 0) is 4.74 Å². The number of nitrogens with two attached hydrogens (primary N) is 1. The van der Waals surface area contributed by atoms with Gasteiger partial charge in [-0.25, -0.2) is 0 Å². The van der Waals surface area contributed by atoms with Crippen LogP contribution in [-0.4, -0.2) is 32.3 Å². The first-order valence-electron chi connectivity index (χ1n) is 6.77. The Balaban J connectivity index is 0.00000361. The fourth-order valence-electron chi connectivity index (χ4n) is 1.99. The second-order valence-electron chi connectivity index (χ2n) is 4.74. The number of hydrogen-bond donors (Lipinski definition) is 2. The molecule has 0 aliphatic heterocycles. The summed E-state index contributed by atoms with van der Waals surface area (Å²) >= 11 is 0. The molecule has 0 fully saturated rings. The number of nitrogens with one attached hydrogen (secondary N) is 1. The van der Waals surface area contributed by atoms with Gasteiger partial charge in [-0.2, -0.15) is 0 Å². The van der Waals surface area contributed by atoms with E-state index in [4.69, 9.17) is 10.5 Å². The lowest BCUT2D eigenvalue weighted by Gasteiger charge is -2.16. The van der Waals surface area contributed by atoms with Gasteiger partial charge in [0.05, 0.1) is 6.61 Å². The molecule has 0 saturated carbocycles. The lowest BCUT2D eigenvalue weighted by Crippen LogP contribution is -2.40. The lowest BCUT2D eigenvalue weighted by molar-refractivity contribution is 0.179. The molecule has 0 radical (unpaired) electrons. The first-order valence-corrected chi connectivity index (χ1v) is 6.77. The summed E-state index contributed by atoms with van der Waals surface area (Å²) in [6.45, 7) is 5.51. The van der Waals surface area contributed by atoms with Crippen molar-refractivity contribution in [1.29, 1.82) is 0 Å². The molecule has 5 heteroatoms. The van der Waals surface area contributed by atoms with Crippen molar-refractivity contribution in [1.82, 2.24) is 5.32 Å². The quantitative estimate of drug-likeness (QED) is 0.427. The van der Waals surface area contributed by atoms with Gasteiger partial charge in [0.15, 0.2) is 5.96 Å². The van der Waals surface area contributed by atoms with Crippen molar-refractivity contribution in [2.45, 2.75) is 32.2 Å². The Morgan fingerprint density at radius 1 is 1.35 bits per heavy atom. The van der Waals surface area contributed by atoms with Gasteiger partial charge in [-0.05, 0) is 18.9 Å². The van der Waals surface area contributed by atoms with E-state index in [1.165, 1.54) is 5.56 Å². The molecule has 1 aromatic carbocycles. The zero-order valence-corrected chi connectivity index (χ0v) is 14.8. The van der Waals surface area contributed by atoms with Gasteiger partial charge in [-0.15, -0.1) is 24.0 Å². The van der Waals surface area contributed by atoms with Gasteiger partial charge in [0.25, 0.3) is 0 Å². The molecule has 0 amide bonds. The van der Waals surface area contributed by atoms with E-state index in [9.17, 15) is 0 Å². The van der Waals surface area contributed by atoms with Crippen molar-refractivity contribution in [2.24, 2.45) is 10.7 Å². The van der Waals surface area contributed by atoms with Crippen molar-refractivity contribution in [3.8, 4) is 0 Å². The summed E-state index contributed by atoms with van der Waals surface area (Å²) in [6, 6.07) is 10.6. The molecule has 0 spiro atoms. The predicted molar refractivity (Wildman–Crippen MR) is 95.9 cm³/mol. The summed E-state index contributed by atoms with van der Waals surface area (Å²) in [7, 11) is 1.67. The van der Waals surface area contributed by atoms with E-state index >= 15 is 0 Å². The van der Waals surface area contributed by atoms with E-state index in [2.05, 4.69) is 41.5 Å². The van der Waals surface area contributed by atoms with Crippen LogP contribution < -0.4 is 11.1 Å². The number of halogens is 1. The first-order chi connectivity index (χ1) is 9.17. The SMILES string of the molecule is CCC(CN=C(N)NC(C)COC)c1ccccc1.I. The Hall–Kier alpha value is -0.820. The van der Waals surface area contributed by atoms with Gasteiger partial charge in [-0.1, -0.05) is 37.3 Å². The van der Waals surface area contributed by atoms with Crippen LogP contribution in [0.4, 0.5) is 0 Å². The van der Waals surface area contributed by atoms with Crippen LogP contribution in [0.15, 0.2) is 35.3 Å². The third kappa shape index (κ3) is 7.09. The molecule has 0 aliphatic rings. The number of nitrogens with zero attached hydrogens (tertiary/aromatic N) is 1. The highest BCUT2D eigenvalue weighted by Gasteiger charge is 2.08. The average molecular weight is 391 g/mol. The number of hydrogen-bond acceptors (Lipinski definition) is 2. The number of benzene rings is 1. The maximum atomic E-state index is 5.87. The van der Waals surface area contributed by atoms with E-state index in [1.54, 1.807) is 7.11 Å². The van der Waals surface area contributed by atoms with Gasteiger partial charge in [0, 0.05) is 25.6 Å². The van der Waals surface area contributed by atoms with E-state index < -0.39 is 0 Å². The van der Waals surface area contributed by atoms with Crippen LogP contribution in [0.3, 0.4) is 0 Å². The molecule has 2 atom stereocenters. The molecule has 0 heterocycles. The molecular weight excluding hydrogens is 365 g/mol. The van der Waals surface area contributed by atoms with Crippen molar-refractivity contribution in [2.75, 3.05) is 20.3 Å². The minimum atomic E-state index is 0. The third-order valence-corrected chi connectivity index (χ3v) is 3.06. The largest absolute Gasteiger partial charge is 0.383 e. The van der Waals surface area contributed by atoms with Gasteiger partial charge in [0.1, 0.15) is 0 Å². The van der Waals surface area contributed by atoms with Crippen LogP contribution in [0.5, 0.6) is 0 Å². The molecule has 3 N–H and O–H groups in total. The van der Waals surface area contributed by atoms with Gasteiger partial charge < -0.3 is 15.8 Å². The third-order valence-electron chi connectivity index (χ3n) is 3.06. The number of aliphatic imine (C=N–C) groups is 1. The molecule has 0 bridgehead atoms. The van der Waals surface area contributed by atoms with E-state index in [-0.39, 0.29) is 30.0 Å². The number of methoxy groups -OCH3 is 1. The van der Waals surface area contributed by atoms with Gasteiger partial charge in [-0.3, -0.25) is 4.99 Å². The standard InChI is InChI=1S/C15H25N3O.HI/c1-4-13(14-8-6-5-7-9-14)10-17-15(16)18-12(2)11-19-3;/h5-9,12-13H,4,10-11H2,1-3H3,(H3,16,17,18);1H. The molecule has 1 rings (SSSR count). The number of rotatable bonds is 7. The van der Waals surface area contributed by atoms with Gasteiger partial charge >= 0.3 is 0 Å². The van der Waals surface area contributed by atoms with E-state index in [1.807, 2.05) is 13.0 Å². The van der Waals surface area contributed by atoms with Crippen molar-refractivity contribution >= 4 is 29.9 Å². The molecular formula is C15H26IN3O. The van der Waals surface area contributed by atoms with Crippen LogP contribution in [0, 0.1) is 0 Å². The summed E-state index contributed by atoms with van der Waals surface area (Å²) < 4.78 is 5.05. The second kappa shape index (κ2) is 10.9. The predicted octanol–water partition coefficient (Wildman–Crippen LogP) is 2.74. The Morgan fingerprint density at radius 3 is 2.55 bits per heavy atom. The molecule has 1 aromatic rings. The number of guanidine groups is 1. The van der Waals surface area contributed by atoms with E-state index in [0.29, 0.717) is 25.0 Å². The monoisotopic (exact) mass is 391 g/mol. The summed E-state index contributed by atoms with van der Waals surface area (Å²) in [4.78, 5) is 4.42. The fraction of sp³-hybridized carbons (Fsp3) is 0.533. The molecule has 4 nitrogen and oxygen atoms in total. The smallest absolute Gasteiger partial charge is 0.188 e. The maximum Gasteiger partial charge on any atom is 0.188 e. The van der Waals surface area contributed by atoms with Crippen molar-refractivity contribution in [3.05, 3.63) is 35.9 Å². The Kier molecular flexibility index (Phi) is 10.5. The van der Waals surface area contributed by atoms with E-state index in [0.717, 1.165) is 6.42 Å². The minimum Gasteiger partial charge on any atom is -0.383 e. The zero-order valence-electron chi connectivity index (χ0n) is 12.5. The Labute approximate surface area is 139 Å². The van der Waals surface area contributed by atoms with Gasteiger partial charge in [0.2, 0.25) is 0 Å². The van der Waals surface area contributed by atoms with Crippen LogP contribution in [0.1, 0.15) is 31.7 Å². The molecule has 114 valence electrons.